The van der Waals surface area contributed by atoms with Crippen LogP contribution in [0.25, 0.3) is 39.5 Å². The van der Waals surface area contributed by atoms with Crippen molar-refractivity contribution in [3.63, 3.8) is 0 Å². The average Bonchev–Trinajstić information content (AvgIpc) is 3.14. The maximum Gasteiger partial charge on any atom is 0.328 e. The minimum Gasteiger partial charge on any atom is -0.478 e. The van der Waals surface area contributed by atoms with E-state index < -0.39 is 5.97 Å². The Balaban J connectivity index is 2.15. The molecule has 0 aliphatic heterocycles. The SMILES string of the molecule is CCn1ncc2c(-c3cncc(Cl)c3)c(/C=C/C(=O)O)c(-c3ccccc3)nc21. The molecule has 4 aromatic rings. The Morgan fingerprint density at radius 3 is 2.66 bits per heavy atom. The van der Waals surface area contributed by atoms with Gasteiger partial charge in [-0.25, -0.2) is 14.5 Å². The third-order valence-corrected chi connectivity index (χ3v) is 4.76. The van der Waals surface area contributed by atoms with Crippen molar-refractivity contribution in [2.24, 2.45) is 0 Å². The quantitative estimate of drug-likeness (QED) is 0.477. The summed E-state index contributed by atoms with van der Waals surface area (Å²) in [5.74, 6) is -1.04. The van der Waals surface area contributed by atoms with Crippen LogP contribution in [0.2, 0.25) is 5.02 Å². The molecule has 3 aromatic heterocycles. The molecule has 7 heteroatoms. The Morgan fingerprint density at radius 1 is 1.17 bits per heavy atom. The maximum atomic E-state index is 11.3. The summed E-state index contributed by atoms with van der Waals surface area (Å²) >= 11 is 6.20. The summed E-state index contributed by atoms with van der Waals surface area (Å²) in [6, 6.07) is 11.5. The molecular formula is C22H17ClN4O2. The largest absolute Gasteiger partial charge is 0.478 e. The molecule has 1 N–H and O–H groups in total. The monoisotopic (exact) mass is 404 g/mol. The number of hydrogen-bond acceptors (Lipinski definition) is 4. The van der Waals surface area contributed by atoms with Gasteiger partial charge in [0, 0.05) is 52.7 Å². The van der Waals surface area contributed by atoms with Gasteiger partial charge in [0.2, 0.25) is 0 Å². The number of aliphatic carboxylic acids is 1. The van der Waals surface area contributed by atoms with E-state index in [4.69, 9.17) is 16.6 Å². The van der Waals surface area contributed by atoms with Crippen molar-refractivity contribution in [1.29, 1.82) is 0 Å². The van der Waals surface area contributed by atoms with E-state index in [0.29, 0.717) is 28.5 Å². The summed E-state index contributed by atoms with van der Waals surface area (Å²) in [5.41, 5.74) is 4.49. The maximum absolute atomic E-state index is 11.3. The second-order valence-electron chi connectivity index (χ2n) is 6.38. The zero-order valence-electron chi connectivity index (χ0n) is 15.6. The van der Waals surface area contributed by atoms with Crippen LogP contribution in [0.15, 0.2) is 61.1 Å². The highest BCUT2D eigenvalue weighted by molar-refractivity contribution is 6.30. The zero-order valence-corrected chi connectivity index (χ0v) is 16.3. The van der Waals surface area contributed by atoms with Crippen LogP contribution in [0, 0.1) is 0 Å². The second kappa shape index (κ2) is 7.85. The lowest BCUT2D eigenvalue weighted by Gasteiger charge is -2.14. The first-order valence-corrected chi connectivity index (χ1v) is 9.43. The average molecular weight is 405 g/mol. The van der Waals surface area contributed by atoms with Gasteiger partial charge in [-0.15, -0.1) is 0 Å². The van der Waals surface area contributed by atoms with E-state index in [9.17, 15) is 9.90 Å². The lowest BCUT2D eigenvalue weighted by molar-refractivity contribution is -0.131. The Labute approximate surface area is 172 Å². The number of hydrogen-bond donors (Lipinski definition) is 1. The Kier molecular flexibility index (Phi) is 5.10. The topological polar surface area (TPSA) is 80.9 Å². The molecule has 0 saturated heterocycles. The van der Waals surface area contributed by atoms with Crippen LogP contribution in [0.1, 0.15) is 12.5 Å². The number of fused-ring (bicyclic) bond motifs is 1. The van der Waals surface area contributed by atoms with Crippen LogP contribution in [-0.2, 0) is 11.3 Å². The number of halogens is 1. The first kappa shape index (κ1) is 18.8. The predicted octanol–water partition coefficient (Wildman–Crippen LogP) is 4.93. The number of nitrogens with zero attached hydrogens (tertiary/aromatic N) is 4. The molecule has 3 heterocycles. The third kappa shape index (κ3) is 3.62. The lowest BCUT2D eigenvalue weighted by Crippen LogP contribution is -2.01. The smallest absolute Gasteiger partial charge is 0.328 e. The summed E-state index contributed by atoms with van der Waals surface area (Å²) in [5, 5.41) is 15.0. The van der Waals surface area contributed by atoms with Crippen LogP contribution in [0.4, 0.5) is 0 Å². The second-order valence-corrected chi connectivity index (χ2v) is 6.81. The standard InChI is InChI=1S/C22H17ClN4O2/c1-2-27-22-18(13-25-27)20(15-10-16(23)12-24-11-15)17(8-9-19(28)29)21(26-22)14-6-4-3-5-7-14/h3-13H,2H2,1H3,(H,28,29)/b9-8+. The van der Waals surface area contributed by atoms with Crippen LogP contribution in [0.5, 0.6) is 0 Å². The minimum absolute atomic E-state index is 0.491. The van der Waals surface area contributed by atoms with E-state index in [1.54, 1.807) is 30.7 Å². The first-order chi connectivity index (χ1) is 14.1. The van der Waals surface area contributed by atoms with Gasteiger partial charge >= 0.3 is 5.97 Å². The van der Waals surface area contributed by atoms with Gasteiger partial charge in [0.15, 0.2) is 5.65 Å². The Morgan fingerprint density at radius 2 is 1.97 bits per heavy atom. The van der Waals surface area contributed by atoms with Crippen molar-refractivity contribution >= 4 is 34.7 Å². The highest BCUT2D eigenvalue weighted by atomic mass is 35.5. The van der Waals surface area contributed by atoms with E-state index in [1.807, 2.05) is 41.9 Å². The van der Waals surface area contributed by atoms with Gasteiger partial charge in [0.25, 0.3) is 0 Å². The van der Waals surface area contributed by atoms with Crippen LogP contribution >= 0.6 is 11.6 Å². The molecule has 0 spiro atoms. The normalized spacial score (nSPS) is 11.4. The molecule has 0 bridgehead atoms. The Hall–Kier alpha value is -3.51. The summed E-state index contributed by atoms with van der Waals surface area (Å²) in [6.45, 7) is 2.65. The van der Waals surface area contributed by atoms with Crippen LogP contribution in [0.3, 0.4) is 0 Å². The van der Waals surface area contributed by atoms with Gasteiger partial charge in [-0.2, -0.15) is 5.10 Å². The molecule has 144 valence electrons. The fourth-order valence-corrected chi connectivity index (χ4v) is 3.50. The molecule has 0 amide bonds. The summed E-state index contributed by atoms with van der Waals surface area (Å²) in [7, 11) is 0. The molecule has 0 saturated carbocycles. The predicted molar refractivity (Wildman–Crippen MR) is 114 cm³/mol. The van der Waals surface area contributed by atoms with Crippen molar-refractivity contribution in [2.75, 3.05) is 0 Å². The van der Waals surface area contributed by atoms with E-state index in [-0.39, 0.29) is 0 Å². The van der Waals surface area contributed by atoms with Crippen molar-refractivity contribution < 1.29 is 9.90 Å². The summed E-state index contributed by atoms with van der Waals surface area (Å²) in [4.78, 5) is 20.4. The molecule has 0 atom stereocenters. The number of aromatic nitrogens is 4. The number of rotatable bonds is 5. The van der Waals surface area contributed by atoms with Gasteiger partial charge < -0.3 is 5.11 Å². The molecule has 0 radical (unpaired) electrons. The summed E-state index contributed by atoms with van der Waals surface area (Å²) in [6.07, 6.45) is 7.69. The molecule has 29 heavy (non-hydrogen) atoms. The van der Waals surface area contributed by atoms with Gasteiger partial charge in [-0.1, -0.05) is 41.9 Å². The molecule has 0 aliphatic carbocycles. The number of benzene rings is 1. The van der Waals surface area contributed by atoms with E-state index in [2.05, 4.69) is 10.1 Å². The van der Waals surface area contributed by atoms with Gasteiger partial charge in [-0.05, 0) is 19.1 Å². The first-order valence-electron chi connectivity index (χ1n) is 9.05. The number of carbonyl (C=O) groups is 1. The molecular weight excluding hydrogens is 388 g/mol. The highest BCUT2D eigenvalue weighted by Crippen LogP contribution is 2.38. The number of carboxylic acid groups (broad SMARTS) is 1. The third-order valence-electron chi connectivity index (χ3n) is 4.56. The van der Waals surface area contributed by atoms with E-state index in [1.165, 1.54) is 0 Å². The molecule has 1 aromatic carbocycles. The fourth-order valence-electron chi connectivity index (χ4n) is 3.33. The van der Waals surface area contributed by atoms with Crippen molar-refractivity contribution in [3.05, 3.63) is 71.7 Å². The van der Waals surface area contributed by atoms with Gasteiger partial charge in [-0.3, -0.25) is 4.98 Å². The number of pyridine rings is 2. The molecule has 4 rings (SSSR count). The number of aryl methyl sites for hydroxylation is 1. The van der Waals surface area contributed by atoms with Crippen LogP contribution in [-0.4, -0.2) is 30.8 Å². The van der Waals surface area contributed by atoms with Gasteiger partial charge in [0.05, 0.1) is 16.9 Å². The fraction of sp³-hybridized carbons (Fsp3) is 0.0909. The van der Waals surface area contributed by atoms with Crippen molar-refractivity contribution in [1.82, 2.24) is 19.7 Å². The van der Waals surface area contributed by atoms with E-state index >= 15 is 0 Å². The molecule has 0 aliphatic rings. The minimum atomic E-state index is -1.04. The number of carboxylic acids is 1. The zero-order chi connectivity index (χ0) is 20.4. The van der Waals surface area contributed by atoms with Crippen molar-refractivity contribution in [2.45, 2.75) is 13.5 Å². The molecule has 0 fully saturated rings. The van der Waals surface area contributed by atoms with Crippen LogP contribution < -0.4 is 0 Å². The molecule has 0 unspecified atom stereocenters. The summed E-state index contributed by atoms with van der Waals surface area (Å²) < 4.78 is 1.81. The molecule has 6 nitrogen and oxygen atoms in total. The van der Waals surface area contributed by atoms with E-state index in [0.717, 1.165) is 28.2 Å². The highest BCUT2D eigenvalue weighted by Gasteiger charge is 2.19. The van der Waals surface area contributed by atoms with Gasteiger partial charge in [0.1, 0.15) is 0 Å². The lowest BCUT2D eigenvalue weighted by atomic mass is 9.94. The Bertz CT molecular complexity index is 1230. The van der Waals surface area contributed by atoms with Crippen molar-refractivity contribution in [3.8, 4) is 22.4 Å².